The molecule has 0 unspecified atom stereocenters. The molecule has 1 aromatic heterocycles. The molecule has 0 spiro atoms. The molecule has 0 fully saturated rings. The number of allylic oxidation sites excluding steroid dienone is 1. The molecule has 1 aliphatic carbocycles. The third kappa shape index (κ3) is 3.74. The lowest BCUT2D eigenvalue weighted by molar-refractivity contribution is -0.122. The normalized spacial score (nSPS) is 12.3. The molecule has 0 saturated heterocycles. The lowest BCUT2D eigenvalue weighted by Gasteiger charge is -2.18. The smallest absolute Gasteiger partial charge is 0.290 e. The molecule has 0 aliphatic heterocycles. The highest BCUT2D eigenvalue weighted by atomic mass is 16.5. The van der Waals surface area contributed by atoms with Crippen molar-refractivity contribution in [2.45, 2.75) is 12.8 Å². The fraction of sp³-hybridized carbons (Fsp3) is 0.190. The summed E-state index contributed by atoms with van der Waals surface area (Å²) in [4.78, 5) is 8.36. The number of ether oxygens (including phenoxy) is 2. The molecule has 6 nitrogen and oxygen atoms in total. The topological polar surface area (TPSA) is 81.5 Å². The van der Waals surface area contributed by atoms with Crippen molar-refractivity contribution >= 4 is 29.0 Å². The number of benzene rings is 2. The Hall–Kier alpha value is -3.41. The van der Waals surface area contributed by atoms with Crippen LogP contribution in [0.1, 0.15) is 23.1 Å². The number of methoxy groups -OCH3 is 2. The second kappa shape index (κ2) is 8.31. The minimum Gasteiger partial charge on any atom is -0.493 e. The molecule has 1 aliphatic rings. The lowest BCUT2D eigenvalue weighted by atomic mass is 9.88. The van der Waals surface area contributed by atoms with Gasteiger partial charge in [-0.25, -0.2) is 0 Å². The van der Waals surface area contributed by atoms with Crippen molar-refractivity contribution in [2.24, 2.45) is 0 Å². The van der Waals surface area contributed by atoms with Crippen LogP contribution in [0.25, 0.3) is 22.6 Å². The summed E-state index contributed by atoms with van der Waals surface area (Å²) >= 11 is 0. The van der Waals surface area contributed by atoms with Crippen molar-refractivity contribution in [3.63, 3.8) is 0 Å². The minimum absolute atomic E-state index is 0.250. The summed E-state index contributed by atoms with van der Waals surface area (Å²) in [6, 6.07) is 12.4. The van der Waals surface area contributed by atoms with E-state index in [0.717, 1.165) is 29.3 Å². The molecule has 1 heterocycles. The largest absolute Gasteiger partial charge is 0.493 e. The maximum atomic E-state index is 8.36. The van der Waals surface area contributed by atoms with E-state index in [1.165, 1.54) is 16.7 Å². The van der Waals surface area contributed by atoms with E-state index in [-0.39, 0.29) is 6.47 Å². The average molecular weight is 364 g/mol. The van der Waals surface area contributed by atoms with Crippen LogP contribution in [0.2, 0.25) is 0 Å². The van der Waals surface area contributed by atoms with E-state index in [4.69, 9.17) is 19.4 Å². The van der Waals surface area contributed by atoms with Crippen molar-refractivity contribution in [3.8, 4) is 11.5 Å². The third-order valence-electron chi connectivity index (χ3n) is 4.54. The Labute approximate surface area is 157 Å². The third-order valence-corrected chi connectivity index (χ3v) is 4.54. The Kier molecular flexibility index (Phi) is 5.66. The van der Waals surface area contributed by atoms with Gasteiger partial charge >= 0.3 is 0 Å². The standard InChI is InChI=1S/C20H18N2O2.CH2O2/c1-23-19-10-16-17(12-21-22-18(16)11-20(19)24-2)15-8-7-13-5-3-4-6-14(13)9-15;2-1-3/h3-6,9-12H,7-8H2,1-2H3;1H,(H,2,3). The Bertz CT molecular complexity index is 999. The molecule has 0 bridgehead atoms. The molecular weight excluding hydrogens is 344 g/mol. The number of aromatic nitrogens is 2. The van der Waals surface area contributed by atoms with E-state index in [9.17, 15) is 0 Å². The van der Waals surface area contributed by atoms with E-state index in [2.05, 4.69) is 40.5 Å². The monoisotopic (exact) mass is 364 g/mol. The first-order chi connectivity index (χ1) is 13.2. The van der Waals surface area contributed by atoms with E-state index >= 15 is 0 Å². The Morgan fingerprint density at radius 1 is 1.07 bits per heavy atom. The number of rotatable bonds is 3. The lowest BCUT2D eigenvalue weighted by Crippen LogP contribution is -2.01. The van der Waals surface area contributed by atoms with Gasteiger partial charge in [0.1, 0.15) is 0 Å². The van der Waals surface area contributed by atoms with Crippen LogP contribution in [0.4, 0.5) is 0 Å². The number of hydrogen-bond donors (Lipinski definition) is 1. The zero-order valence-corrected chi connectivity index (χ0v) is 15.2. The van der Waals surface area contributed by atoms with Gasteiger partial charge < -0.3 is 14.6 Å². The van der Waals surface area contributed by atoms with Crippen molar-refractivity contribution in [1.29, 1.82) is 0 Å². The van der Waals surface area contributed by atoms with Crippen LogP contribution in [0, 0.1) is 0 Å². The highest BCUT2D eigenvalue weighted by Gasteiger charge is 2.16. The Morgan fingerprint density at radius 2 is 1.78 bits per heavy atom. The average Bonchev–Trinajstić information content (AvgIpc) is 2.72. The van der Waals surface area contributed by atoms with Gasteiger partial charge in [0.05, 0.1) is 25.9 Å². The summed E-state index contributed by atoms with van der Waals surface area (Å²) < 4.78 is 10.8. The summed E-state index contributed by atoms with van der Waals surface area (Å²) in [7, 11) is 3.27. The van der Waals surface area contributed by atoms with Crippen molar-refractivity contribution in [2.75, 3.05) is 14.2 Å². The van der Waals surface area contributed by atoms with Crippen LogP contribution in [-0.2, 0) is 11.2 Å². The van der Waals surface area contributed by atoms with Crippen molar-refractivity contribution in [3.05, 3.63) is 59.3 Å². The zero-order valence-electron chi connectivity index (χ0n) is 15.2. The van der Waals surface area contributed by atoms with Crippen molar-refractivity contribution < 1.29 is 19.4 Å². The quantitative estimate of drug-likeness (QED) is 0.711. The van der Waals surface area contributed by atoms with Gasteiger partial charge in [-0.3, -0.25) is 4.79 Å². The van der Waals surface area contributed by atoms with Gasteiger partial charge in [0, 0.05) is 17.0 Å². The van der Waals surface area contributed by atoms with Gasteiger partial charge in [-0.2, -0.15) is 10.2 Å². The number of fused-ring (bicyclic) bond motifs is 2. The second-order valence-corrected chi connectivity index (χ2v) is 5.96. The second-order valence-electron chi connectivity index (χ2n) is 5.96. The number of aryl methyl sites for hydroxylation is 1. The molecule has 3 aromatic rings. The summed E-state index contributed by atoms with van der Waals surface area (Å²) in [6.45, 7) is -0.250. The first kappa shape index (κ1) is 18.4. The highest BCUT2D eigenvalue weighted by molar-refractivity contribution is 5.97. The van der Waals surface area contributed by atoms with E-state index < -0.39 is 0 Å². The maximum Gasteiger partial charge on any atom is 0.290 e. The Morgan fingerprint density at radius 3 is 2.52 bits per heavy atom. The predicted molar refractivity (Wildman–Crippen MR) is 104 cm³/mol. The van der Waals surface area contributed by atoms with Gasteiger partial charge in [0.2, 0.25) is 0 Å². The number of nitrogens with zero attached hydrogens (tertiary/aromatic N) is 2. The molecule has 0 radical (unpaired) electrons. The summed E-state index contributed by atoms with van der Waals surface area (Å²) in [6.07, 6.45) is 6.13. The Balaban J connectivity index is 0.000000659. The molecule has 6 heteroatoms. The number of carboxylic acid groups (broad SMARTS) is 1. The molecule has 138 valence electrons. The predicted octanol–water partition coefficient (Wildman–Crippen LogP) is 3.83. The molecule has 4 rings (SSSR count). The van der Waals surface area contributed by atoms with Gasteiger partial charge in [0.15, 0.2) is 11.5 Å². The van der Waals surface area contributed by atoms with Crippen LogP contribution in [-0.4, -0.2) is 36.0 Å². The summed E-state index contributed by atoms with van der Waals surface area (Å²) in [5.41, 5.74) is 5.87. The molecule has 0 atom stereocenters. The summed E-state index contributed by atoms with van der Waals surface area (Å²) in [5, 5.41) is 16.4. The first-order valence-electron chi connectivity index (χ1n) is 8.46. The van der Waals surface area contributed by atoms with Crippen LogP contribution >= 0.6 is 0 Å². The van der Waals surface area contributed by atoms with E-state index in [1.807, 2.05) is 18.3 Å². The molecule has 0 amide bonds. The number of hydrogen-bond acceptors (Lipinski definition) is 5. The fourth-order valence-electron chi connectivity index (χ4n) is 3.29. The van der Waals surface area contributed by atoms with Crippen molar-refractivity contribution in [1.82, 2.24) is 10.2 Å². The molecule has 0 saturated carbocycles. The van der Waals surface area contributed by atoms with Gasteiger partial charge in [-0.05, 0) is 35.6 Å². The zero-order chi connectivity index (χ0) is 19.2. The SMILES string of the molecule is COc1cc2nncc(C3=Cc4ccccc4CC3)c2cc1OC.O=CO. The van der Waals surface area contributed by atoms with Crippen LogP contribution in [0.5, 0.6) is 11.5 Å². The van der Waals surface area contributed by atoms with E-state index in [0.29, 0.717) is 11.5 Å². The fourth-order valence-corrected chi connectivity index (χ4v) is 3.29. The van der Waals surface area contributed by atoms with E-state index in [1.54, 1.807) is 14.2 Å². The molecule has 27 heavy (non-hydrogen) atoms. The highest BCUT2D eigenvalue weighted by Crippen LogP contribution is 2.37. The molecule has 2 aromatic carbocycles. The van der Waals surface area contributed by atoms with Crippen LogP contribution in [0.3, 0.4) is 0 Å². The van der Waals surface area contributed by atoms with Gasteiger partial charge in [-0.15, -0.1) is 0 Å². The van der Waals surface area contributed by atoms with Crippen LogP contribution < -0.4 is 9.47 Å². The maximum absolute atomic E-state index is 8.36. The first-order valence-corrected chi connectivity index (χ1v) is 8.46. The minimum atomic E-state index is -0.250. The molecular formula is C21H20N2O4. The number of carbonyl (C=O) groups is 1. The molecule has 1 N–H and O–H groups in total. The summed E-state index contributed by atoms with van der Waals surface area (Å²) in [5.74, 6) is 1.37. The van der Waals surface area contributed by atoms with Gasteiger partial charge in [-0.1, -0.05) is 30.3 Å². The van der Waals surface area contributed by atoms with Gasteiger partial charge in [0.25, 0.3) is 6.47 Å². The van der Waals surface area contributed by atoms with Crippen LogP contribution in [0.15, 0.2) is 42.6 Å².